The Morgan fingerprint density at radius 1 is 1.14 bits per heavy atom. The van der Waals surface area contributed by atoms with Gasteiger partial charge >= 0.3 is 0 Å². The van der Waals surface area contributed by atoms with Gasteiger partial charge in [-0.1, -0.05) is 47.5 Å². The molecule has 0 atom stereocenters. The normalized spacial score (nSPS) is 10.6. The third kappa shape index (κ3) is 6.41. The van der Waals surface area contributed by atoms with Crippen LogP contribution in [0.1, 0.15) is 15.9 Å². The highest BCUT2D eigenvalue weighted by Crippen LogP contribution is 2.28. The Morgan fingerprint density at radius 3 is 2.64 bits per heavy atom. The van der Waals surface area contributed by atoms with Crippen molar-refractivity contribution >= 4 is 46.8 Å². The molecular weight excluding hydrogens is 419 g/mol. The first kappa shape index (κ1) is 22.6. The Hall–Kier alpha value is -1.73. The second kappa shape index (κ2) is 11.3. The Morgan fingerprint density at radius 2 is 1.89 bits per heavy atom. The first-order chi connectivity index (χ1) is 13.4. The number of amides is 2. The molecule has 8 heteroatoms. The first-order valence-electron chi connectivity index (χ1n) is 8.60. The third-order valence-corrected chi connectivity index (χ3v) is 5.82. The summed E-state index contributed by atoms with van der Waals surface area (Å²) in [6.45, 7) is 1.25. The quantitative estimate of drug-likeness (QED) is 0.470. The predicted octanol–water partition coefficient (Wildman–Crippen LogP) is 4.12. The van der Waals surface area contributed by atoms with E-state index in [9.17, 15) is 9.59 Å². The standard InChI is InChI=1S/C20H22Cl2N2O3S/c1-24(12-14-6-5-8-16(21)19(14)22)20(26)15-7-3-4-9-17(15)28-13-18(25)23-10-11-27-2/h3-9H,10-13H2,1-2H3,(H,23,25). The van der Waals surface area contributed by atoms with E-state index in [0.717, 1.165) is 10.5 Å². The minimum Gasteiger partial charge on any atom is -0.383 e. The van der Waals surface area contributed by atoms with Gasteiger partial charge < -0.3 is 15.0 Å². The van der Waals surface area contributed by atoms with Crippen LogP contribution in [0.2, 0.25) is 10.0 Å². The topological polar surface area (TPSA) is 58.6 Å². The zero-order valence-corrected chi connectivity index (χ0v) is 18.0. The molecule has 0 aliphatic carbocycles. The summed E-state index contributed by atoms with van der Waals surface area (Å²) in [7, 11) is 3.29. The third-order valence-electron chi connectivity index (χ3n) is 3.89. The molecule has 0 saturated carbocycles. The molecule has 0 spiro atoms. The van der Waals surface area contributed by atoms with Gasteiger partial charge in [0, 0.05) is 32.1 Å². The lowest BCUT2D eigenvalue weighted by Gasteiger charge is -2.20. The van der Waals surface area contributed by atoms with E-state index in [1.54, 1.807) is 43.3 Å². The maximum atomic E-state index is 12.9. The second-order valence-corrected chi connectivity index (χ2v) is 7.80. The predicted molar refractivity (Wildman–Crippen MR) is 114 cm³/mol. The van der Waals surface area contributed by atoms with Crippen LogP contribution >= 0.6 is 35.0 Å². The number of ether oxygens (including phenoxy) is 1. The maximum Gasteiger partial charge on any atom is 0.255 e. The van der Waals surface area contributed by atoms with E-state index in [2.05, 4.69) is 5.32 Å². The number of halogens is 2. The van der Waals surface area contributed by atoms with E-state index in [4.69, 9.17) is 27.9 Å². The molecule has 0 bridgehead atoms. The minimum atomic E-state index is -0.154. The van der Waals surface area contributed by atoms with Crippen molar-refractivity contribution in [1.82, 2.24) is 10.2 Å². The molecule has 28 heavy (non-hydrogen) atoms. The van der Waals surface area contributed by atoms with Gasteiger partial charge in [0.25, 0.3) is 5.91 Å². The van der Waals surface area contributed by atoms with Crippen molar-refractivity contribution in [2.24, 2.45) is 0 Å². The molecule has 2 rings (SSSR count). The molecule has 0 unspecified atom stereocenters. The van der Waals surface area contributed by atoms with Crippen LogP contribution in [-0.4, -0.2) is 49.8 Å². The average molecular weight is 441 g/mol. The molecule has 0 aromatic heterocycles. The smallest absolute Gasteiger partial charge is 0.255 e. The van der Waals surface area contributed by atoms with Gasteiger partial charge in [0.1, 0.15) is 0 Å². The lowest BCUT2D eigenvalue weighted by molar-refractivity contribution is -0.118. The van der Waals surface area contributed by atoms with E-state index in [0.29, 0.717) is 35.3 Å². The fourth-order valence-corrected chi connectivity index (χ4v) is 3.71. The number of hydrogen-bond donors (Lipinski definition) is 1. The van der Waals surface area contributed by atoms with Gasteiger partial charge in [0.2, 0.25) is 5.91 Å². The monoisotopic (exact) mass is 440 g/mol. The Labute approximate surface area is 179 Å². The summed E-state index contributed by atoms with van der Waals surface area (Å²) < 4.78 is 4.91. The summed E-state index contributed by atoms with van der Waals surface area (Å²) >= 11 is 13.6. The van der Waals surface area contributed by atoms with Gasteiger partial charge in [-0.3, -0.25) is 9.59 Å². The van der Waals surface area contributed by atoms with E-state index in [1.165, 1.54) is 11.8 Å². The van der Waals surface area contributed by atoms with Crippen LogP contribution in [0.4, 0.5) is 0 Å². The Kier molecular flexibility index (Phi) is 9.12. The highest BCUT2D eigenvalue weighted by Gasteiger charge is 2.18. The number of carbonyl (C=O) groups is 2. The number of carbonyl (C=O) groups excluding carboxylic acids is 2. The first-order valence-corrected chi connectivity index (χ1v) is 10.3. The summed E-state index contributed by atoms with van der Waals surface area (Å²) in [6, 6.07) is 12.6. The molecule has 0 heterocycles. The van der Waals surface area contributed by atoms with Crippen molar-refractivity contribution in [3.63, 3.8) is 0 Å². The summed E-state index contributed by atoms with van der Waals surface area (Å²) in [4.78, 5) is 27.2. The van der Waals surface area contributed by atoms with Gasteiger partial charge in [-0.05, 0) is 23.8 Å². The maximum absolute atomic E-state index is 12.9. The van der Waals surface area contributed by atoms with E-state index in [-0.39, 0.29) is 17.6 Å². The van der Waals surface area contributed by atoms with Crippen LogP contribution in [0.15, 0.2) is 47.4 Å². The van der Waals surface area contributed by atoms with Gasteiger partial charge in [-0.2, -0.15) is 0 Å². The number of methoxy groups -OCH3 is 1. The highest BCUT2D eigenvalue weighted by atomic mass is 35.5. The second-order valence-electron chi connectivity index (χ2n) is 6.00. The molecule has 2 aromatic carbocycles. The summed E-state index contributed by atoms with van der Waals surface area (Å²) in [6.07, 6.45) is 0. The number of benzene rings is 2. The molecule has 0 fully saturated rings. The van der Waals surface area contributed by atoms with Crippen molar-refractivity contribution in [1.29, 1.82) is 0 Å². The zero-order valence-electron chi connectivity index (χ0n) is 15.7. The van der Waals surface area contributed by atoms with Crippen molar-refractivity contribution in [2.75, 3.05) is 33.1 Å². The summed E-state index contributed by atoms with van der Waals surface area (Å²) in [5.41, 5.74) is 1.31. The number of hydrogen-bond acceptors (Lipinski definition) is 4. The number of rotatable bonds is 9. The van der Waals surface area contributed by atoms with E-state index < -0.39 is 0 Å². The average Bonchev–Trinajstić information content (AvgIpc) is 2.69. The molecular formula is C20H22Cl2N2O3S. The van der Waals surface area contributed by atoms with Crippen LogP contribution < -0.4 is 5.32 Å². The Bertz CT molecular complexity index is 833. The summed E-state index contributed by atoms with van der Waals surface area (Å²) in [5.74, 6) is -0.0417. The van der Waals surface area contributed by atoms with Crippen LogP contribution in [-0.2, 0) is 16.1 Å². The highest BCUT2D eigenvalue weighted by molar-refractivity contribution is 8.00. The summed E-state index contributed by atoms with van der Waals surface area (Å²) in [5, 5.41) is 3.66. The van der Waals surface area contributed by atoms with Crippen LogP contribution in [0.3, 0.4) is 0 Å². The number of thioether (sulfide) groups is 1. The molecule has 2 aromatic rings. The Balaban J connectivity index is 2.05. The van der Waals surface area contributed by atoms with Crippen LogP contribution in [0.5, 0.6) is 0 Å². The zero-order chi connectivity index (χ0) is 20.5. The largest absolute Gasteiger partial charge is 0.383 e. The van der Waals surface area contributed by atoms with Gasteiger partial charge in [0.05, 0.1) is 28.0 Å². The lowest BCUT2D eigenvalue weighted by atomic mass is 10.1. The molecule has 2 amide bonds. The van der Waals surface area contributed by atoms with Crippen LogP contribution in [0, 0.1) is 0 Å². The molecule has 0 aliphatic rings. The van der Waals surface area contributed by atoms with E-state index >= 15 is 0 Å². The number of nitrogens with one attached hydrogen (secondary N) is 1. The van der Waals surface area contributed by atoms with Crippen LogP contribution in [0.25, 0.3) is 0 Å². The van der Waals surface area contributed by atoms with Crippen molar-refractivity contribution in [2.45, 2.75) is 11.4 Å². The van der Waals surface area contributed by atoms with Gasteiger partial charge in [-0.25, -0.2) is 0 Å². The molecule has 5 nitrogen and oxygen atoms in total. The fraction of sp³-hybridized carbons (Fsp3) is 0.300. The lowest BCUT2D eigenvalue weighted by Crippen LogP contribution is -2.29. The molecule has 150 valence electrons. The molecule has 0 radical (unpaired) electrons. The van der Waals surface area contributed by atoms with Crippen molar-refractivity contribution in [3.05, 3.63) is 63.6 Å². The number of nitrogens with zero attached hydrogens (tertiary/aromatic N) is 1. The van der Waals surface area contributed by atoms with Gasteiger partial charge in [0.15, 0.2) is 0 Å². The van der Waals surface area contributed by atoms with E-state index in [1.807, 2.05) is 18.2 Å². The molecule has 0 saturated heterocycles. The fourth-order valence-electron chi connectivity index (χ4n) is 2.46. The molecule has 0 aliphatic heterocycles. The molecule has 1 N–H and O–H groups in total. The van der Waals surface area contributed by atoms with Gasteiger partial charge in [-0.15, -0.1) is 11.8 Å². The SMILES string of the molecule is COCCNC(=O)CSc1ccccc1C(=O)N(C)Cc1cccc(Cl)c1Cl. The van der Waals surface area contributed by atoms with Crippen molar-refractivity contribution in [3.8, 4) is 0 Å². The minimum absolute atomic E-state index is 0.108. The van der Waals surface area contributed by atoms with Crippen molar-refractivity contribution < 1.29 is 14.3 Å².